The van der Waals surface area contributed by atoms with E-state index in [2.05, 4.69) is 97.2 Å². The summed E-state index contributed by atoms with van der Waals surface area (Å²) in [6, 6.07) is 21.4. The molecule has 2 aromatic carbocycles. The lowest BCUT2D eigenvalue weighted by Crippen LogP contribution is -2.09. The zero-order valence-corrected chi connectivity index (χ0v) is 25.2. The lowest BCUT2D eigenvalue weighted by Gasteiger charge is -2.24. The summed E-state index contributed by atoms with van der Waals surface area (Å²) in [7, 11) is 0. The van der Waals surface area contributed by atoms with Gasteiger partial charge in [-0.25, -0.2) is 0 Å². The van der Waals surface area contributed by atoms with Gasteiger partial charge in [0, 0.05) is 5.75 Å². The fraction of sp³-hybridized carbons (Fsp3) is 0.556. The number of anilines is 2. The number of nitrogens with zero attached hydrogens (tertiary/aromatic N) is 1. The number of rotatable bonds is 24. The molecule has 2 unspecified atom stereocenters. The summed E-state index contributed by atoms with van der Waals surface area (Å²) in [6.07, 6.45) is 26.3. The molecule has 2 atom stereocenters. The Labute approximate surface area is 240 Å². The Hall–Kier alpha value is -1.93. The molecular formula is C36H55NS. The maximum absolute atomic E-state index is 4.16. The van der Waals surface area contributed by atoms with E-state index < -0.39 is 0 Å². The predicted octanol–water partition coefficient (Wildman–Crippen LogP) is 12.3. The summed E-state index contributed by atoms with van der Waals surface area (Å²) in [5, 5.41) is 0. The normalized spacial score (nSPS) is 12.7. The van der Waals surface area contributed by atoms with Gasteiger partial charge in [0.15, 0.2) is 0 Å². The number of para-hydroxylation sites is 2. The third-order valence-electron chi connectivity index (χ3n) is 7.69. The van der Waals surface area contributed by atoms with Crippen LogP contribution in [0.15, 0.2) is 86.0 Å². The molecule has 0 spiro atoms. The van der Waals surface area contributed by atoms with Crippen molar-refractivity contribution >= 4 is 23.3 Å². The van der Waals surface area contributed by atoms with Crippen LogP contribution in [0.25, 0.3) is 0 Å². The molecule has 2 heteroatoms. The van der Waals surface area contributed by atoms with Crippen molar-refractivity contribution in [2.24, 2.45) is 11.8 Å². The third-order valence-corrected chi connectivity index (χ3v) is 8.78. The molecule has 0 heterocycles. The number of unbranched alkanes of at least 4 members (excludes halogenated alkanes) is 10. The molecule has 0 saturated carbocycles. The van der Waals surface area contributed by atoms with Gasteiger partial charge in [-0.1, -0.05) is 133 Å². The van der Waals surface area contributed by atoms with Crippen molar-refractivity contribution in [1.82, 2.24) is 0 Å². The van der Waals surface area contributed by atoms with Crippen LogP contribution in [-0.4, -0.2) is 5.75 Å². The predicted molar refractivity (Wildman–Crippen MR) is 174 cm³/mol. The third kappa shape index (κ3) is 14.3. The van der Waals surface area contributed by atoms with Gasteiger partial charge < -0.3 is 0 Å². The Kier molecular flexibility index (Phi) is 18.6. The molecule has 38 heavy (non-hydrogen) atoms. The van der Waals surface area contributed by atoms with Crippen LogP contribution in [0.2, 0.25) is 0 Å². The van der Waals surface area contributed by atoms with Crippen LogP contribution in [0, 0.1) is 11.8 Å². The van der Waals surface area contributed by atoms with Crippen molar-refractivity contribution in [1.29, 1.82) is 0 Å². The Morgan fingerprint density at radius 2 is 1.00 bits per heavy atom. The first-order valence-corrected chi connectivity index (χ1v) is 16.5. The van der Waals surface area contributed by atoms with E-state index in [1.54, 1.807) is 0 Å². The van der Waals surface area contributed by atoms with Gasteiger partial charge in [-0.05, 0) is 73.7 Å². The minimum absolute atomic E-state index is 0.586. The van der Waals surface area contributed by atoms with E-state index in [1.807, 2.05) is 11.9 Å². The first kappa shape index (κ1) is 32.3. The Morgan fingerprint density at radius 1 is 0.579 bits per heavy atom. The van der Waals surface area contributed by atoms with Gasteiger partial charge in [0.25, 0.3) is 0 Å². The van der Waals surface area contributed by atoms with Gasteiger partial charge in [-0.3, -0.25) is 4.31 Å². The van der Waals surface area contributed by atoms with Crippen molar-refractivity contribution in [2.45, 2.75) is 110 Å². The minimum atomic E-state index is 0.586. The fourth-order valence-electron chi connectivity index (χ4n) is 5.19. The zero-order valence-electron chi connectivity index (χ0n) is 24.4. The van der Waals surface area contributed by atoms with Gasteiger partial charge in [0.05, 0.1) is 11.4 Å². The molecule has 0 fully saturated rings. The average molecular weight is 534 g/mol. The van der Waals surface area contributed by atoms with Gasteiger partial charge in [-0.2, -0.15) is 0 Å². The monoisotopic (exact) mass is 533 g/mol. The number of hydrogen-bond donors (Lipinski definition) is 0. The highest BCUT2D eigenvalue weighted by molar-refractivity contribution is 8.00. The van der Waals surface area contributed by atoms with E-state index in [0.717, 1.165) is 5.75 Å². The van der Waals surface area contributed by atoms with Crippen molar-refractivity contribution in [3.63, 3.8) is 0 Å². The van der Waals surface area contributed by atoms with Crippen LogP contribution in [-0.2, 0) is 0 Å². The van der Waals surface area contributed by atoms with E-state index in [0.29, 0.717) is 11.8 Å². The van der Waals surface area contributed by atoms with E-state index in [1.165, 1.54) is 114 Å². The van der Waals surface area contributed by atoms with Gasteiger partial charge >= 0.3 is 0 Å². The zero-order chi connectivity index (χ0) is 27.1. The second-order valence-electron chi connectivity index (χ2n) is 10.8. The average Bonchev–Trinajstić information content (AvgIpc) is 2.97. The molecule has 0 radical (unpaired) electrons. The highest BCUT2D eigenvalue weighted by Gasteiger charge is 2.12. The van der Waals surface area contributed by atoms with Crippen LogP contribution in [0.5, 0.6) is 0 Å². The van der Waals surface area contributed by atoms with Crippen molar-refractivity contribution in [3.8, 4) is 0 Å². The van der Waals surface area contributed by atoms with Crippen LogP contribution in [0.4, 0.5) is 11.4 Å². The van der Waals surface area contributed by atoms with Crippen LogP contribution in [0.1, 0.15) is 110 Å². The summed E-state index contributed by atoms with van der Waals surface area (Å²) in [5.41, 5.74) is 2.46. The molecular weight excluding hydrogens is 478 g/mol. The van der Waals surface area contributed by atoms with Gasteiger partial charge in [-0.15, -0.1) is 13.2 Å². The molecule has 0 aliphatic carbocycles. The van der Waals surface area contributed by atoms with Crippen LogP contribution >= 0.6 is 11.9 Å². The molecule has 0 aliphatic rings. The number of hydrogen-bond acceptors (Lipinski definition) is 2. The van der Waals surface area contributed by atoms with Crippen LogP contribution in [0.3, 0.4) is 0 Å². The summed E-state index contributed by atoms with van der Waals surface area (Å²) in [6.45, 7) is 10.6. The van der Waals surface area contributed by atoms with E-state index in [4.69, 9.17) is 0 Å². The highest BCUT2D eigenvalue weighted by Crippen LogP contribution is 2.33. The Morgan fingerprint density at radius 3 is 1.47 bits per heavy atom. The van der Waals surface area contributed by atoms with Crippen molar-refractivity contribution < 1.29 is 0 Å². The smallest absolute Gasteiger partial charge is 0.0525 e. The molecule has 0 saturated heterocycles. The lowest BCUT2D eigenvalue weighted by atomic mass is 9.91. The molecule has 2 aromatic rings. The molecule has 0 aromatic heterocycles. The molecule has 210 valence electrons. The van der Waals surface area contributed by atoms with E-state index >= 15 is 0 Å². The van der Waals surface area contributed by atoms with E-state index in [-0.39, 0.29) is 0 Å². The number of benzene rings is 2. The highest BCUT2D eigenvalue weighted by atomic mass is 32.2. The summed E-state index contributed by atoms with van der Waals surface area (Å²) >= 11 is 1.91. The Balaban J connectivity index is 1.59. The lowest BCUT2D eigenvalue weighted by molar-refractivity contribution is 0.447. The quantitative estimate of drug-likeness (QED) is 0.0749. The first-order chi connectivity index (χ1) is 18.8. The molecule has 0 aliphatic heterocycles. The first-order valence-electron chi connectivity index (χ1n) is 15.6. The SMILES string of the molecule is C=CC(CCCCCCCCCCCCC)CCCC(C=C)CCSN(c1ccccc1)c1ccccc1. The molecule has 0 amide bonds. The summed E-state index contributed by atoms with van der Waals surface area (Å²) in [4.78, 5) is 0. The summed E-state index contributed by atoms with van der Waals surface area (Å²) in [5.74, 6) is 2.35. The van der Waals surface area contributed by atoms with Crippen molar-refractivity contribution in [3.05, 3.63) is 86.0 Å². The topological polar surface area (TPSA) is 3.24 Å². The molecule has 0 bridgehead atoms. The second-order valence-corrected chi connectivity index (χ2v) is 11.9. The largest absolute Gasteiger partial charge is 0.285 e. The van der Waals surface area contributed by atoms with Crippen LogP contribution < -0.4 is 4.31 Å². The summed E-state index contributed by atoms with van der Waals surface area (Å²) < 4.78 is 2.36. The maximum atomic E-state index is 4.16. The van der Waals surface area contributed by atoms with Gasteiger partial charge in [0.2, 0.25) is 0 Å². The number of allylic oxidation sites excluding steroid dienone is 2. The molecule has 1 nitrogen and oxygen atoms in total. The second kappa shape index (κ2) is 21.9. The maximum Gasteiger partial charge on any atom is 0.0525 e. The standard InChI is InChI=1S/C36H55NS/c1-4-7-8-9-10-11-12-13-14-15-18-24-33(5-2)25-23-26-34(6-3)31-32-38-37(35-27-19-16-20-28-35)36-29-21-17-22-30-36/h5-6,16-17,19-22,27-30,33-34H,2-4,7-15,18,23-26,31-32H2,1H3. The molecule has 2 rings (SSSR count). The fourth-order valence-corrected chi connectivity index (χ4v) is 6.33. The molecule has 0 N–H and O–H groups in total. The van der Waals surface area contributed by atoms with E-state index in [9.17, 15) is 0 Å². The van der Waals surface area contributed by atoms with Crippen molar-refractivity contribution in [2.75, 3.05) is 10.1 Å². The van der Waals surface area contributed by atoms with Gasteiger partial charge in [0.1, 0.15) is 0 Å². The minimum Gasteiger partial charge on any atom is -0.285 e. The Bertz CT molecular complexity index is 778.